The smallest absolute Gasteiger partial charge is 0.266 e. The highest BCUT2D eigenvalue weighted by atomic mass is 16.3. The maximum Gasteiger partial charge on any atom is 0.266 e. The van der Waals surface area contributed by atoms with Crippen LogP contribution < -0.4 is 11.1 Å². The number of amides is 3. The number of carbonyl (C=O) groups is 3. The van der Waals surface area contributed by atoms with E-state index < -0.39 is 11.8 Å². The number of imide groups is 1. The lowest BCUT2D eigenvalue weighted by molar-refractivity contribution is -0.123. The first-order valence-electron chi connectivity index (χ1n) is 9.27. The van der Waals surface area contributed by atoms with Gasteiger partial charge in [0.25, 0.3) is 11.8 Å². The van der Waals surface area contributed by atoms with Crippen LogP contribution in [0.3, 0.4) is 0 Å². The number of anilines is 1. The molecule has 4 fully saturated rings. The standard InChI is InChI=1S/C19H19N3O4/c20-11-4-12-14-15(16(11)26-12)18(25)22(17(14)24)7-13(23)21-19-5-8-1-9(6-19)3-10(19)2-8/h4,8-10H,1-3,5-7,20H2,(H,21,23). The van der Waals surface area contributed by atoms with E-state index in [1.165, 1.54) is 19.3 Å². The number of nitrogens with zero attached hydrogens (tertiary/aromatic N) is 1. The molecule has 7 rings (SSSR count). The van der Waals surface area contributed by atoms with Crippen molar-refractivity contribution in [1.29, 1.82) is 0 Å². The number of fused-ring (bicyclic) bond motifs is 5. The van der Waals surface area contributed by atoms with Gasteiger partial charge in [0.2, 0.25) is 5.91 Å². The number of rotatable bonds is 3. The van der Waals surface area contributed by atoms with Gasteiger partial charge in [-0.1, -0.05) is 0 Å². The van der Waals surface area contributed by atoms with Crippen molar-refractivity contribution in [2.75, 3.05) is 12.3 Å². The fraction of sp³-hybridized carbons (Fsp3) is 0.526. The van der Waals surface area contributed by atoms with Gasteiger partial charge in [0.05, 0.1) is 11.3 Å². The van der Waals surface area contributed by atoms with Crippen LogP contribution in [0.2, 0.25) is 0 Å². The average Bonchev–Trinajstić information content (AvgIpc) is 3.30. The van der Waals surface area contributed by atoms with Crippen LogP contribution in [0.25, 0.3) is 11.2 Å². The van der Waals surface area contributed by atoms with Gasteiger partial charge in [0.1, 0.15) is 17.7 Å². The Hall–Kier alpha value is -2.57. The monoisotopic (exact) mass is 353 g/mol. The van der Waals surface area contributed by atoms with Crippen molar-refractivity contribution in [3.05, 3.63) is 17.2 Å². The number of nitrogen functional groups attached to an aromatic ring is 1. The lowest BCUT2D eigenvalue weighted by atomic mass is 9.80. The molecule has 5 aliphatic rings. The summed E-state index contributed by atoms with van der Waals surface area (Å²) in [6.07, 6.45) is 5.78. The van der Waals surface area contributed by atoms with Gasteiger partial charge in [-0.2, -0.15) is 0 Å². The van der Waals surface area contributed by atoms with Crippen molar-refractivity contribution >= 4 is 34.6 Å². The zero-order valence-electron chi connectivity index (χ0n) is 14.2. The molecule has 134 valence electrons. The zero-order valence-corrected chi connectivity index (χ0v) is 14.2. The van der Waals surface area contributed by atoms with Gasteiger partial charge in [-0.05, 0) is 49.9 Å². The number of furan rings is 2. The van der Waals surface area contributed by atoms with Gasteiger partial charge in [0, 0.05) is 11.6 Å². The number of carbonyl (C=O) groups excluding carboxylic acids is 3. The van der Waals surface area contributed by atoms with Gasteiger partial charge in [0.15, 0.2) is 5.58 Å². The van der Waals surface area contributed by atoms with Crippen LogP contribution in [0, 0.1) is 17.8 Å². The van der Waals surface area contributed by atoms with Crippen molar-refractivity contribution < 1.29 is 18.8 Å². The van der Waals surface area contributed by atoms with E-state index in [2.05, 4.69) is 5.32 Å². The predicted molar refractivity (Wildman–Crippen MR) is 91.6 cm³/mol. The molecular weight excluding hydrogens is 334 g/mol. The second kappa shape index (κ2) is 4.39. The minimum atomic E-state index is -0.490. The van der Waals surface area contributed by atoms with Crippen molar-refractivity contribution in [2.24, 2.45) is 17.8 Å². The van der Waals surface area contributed by atoms with Crippen molar-refractivity contribution in [3.8, 4) is 0 Å². The van der Waals surface area contributed by atoms with Crippen LogP contribution in [-0.2, 0) is 4.79 Å². The zero-order chi connectivity index (χ0) is 17.8. The molecule has 0 spiro atoms. The lowest BCUT2D eigenvalue weighted by Gasteiger charge is -2.34. The third kappa shape index (κ3) is 1.61. The van der Waals surface area contributed by atoms with Crippen LogP contribution in [0.15, 0.2) is 10.5 Å². The van der Waals surface area contributed by atoms with E-state index in [9.17, 15) is 14.4 Å². The Morgan fingerprint density at radius 2 is 1.88 bits per heavy atom. The molecule has 2 atom stereocenters. The van der Waals surface area contributed by atoms with E-state index in [1.807, 2.05) is 0 Å². The van der Waals surface area contributed by atoms with E-state index in [4.69, 9.17) is 10.2 Å². The number of hydrogen-bond acceptors (Lipinski definition) is 5. The second-order valence-corrected chi connectivity index (χ2v) is 8.59. The Balaban J connectivity index is 1.24. The van der Waals surface area contributed by atoms with Gasteiger partial charge in [-0.3, -0.25) is 19.3 Å². The number of nitrogens with two attached hydrogens (primary N) is 1. The quantitative estimate of drug-likeness (QED) is 0.646. The molecule has 7 heteroatoms. The van der Waals surface area contributed by atoms with Gasteiger partial charge >= 0.3 is 0 Å². The normalized spacial score (nSPS) is 34.5. The van der Waals surface area contributed by atoms with Crippen LogP contribution in [0.4, 0.5) is 5.69 Å². The number of hydrogen-bond donors (Lipinski definition) is 2. The lowest BCUT2D eigenvalue weighted by Crippen LogP contribution is -2.52. The highest BCUT2D eigenvalue weighted by molar-refractivity contribution is 6.29. The summed E-state index contributed by atoms with van der Waals surface area (Å²) in [4.78, 5) is 39.0. The summed E-state index contributed by atoms with van der Waals surface area (Å²) in [5, 5.41) is 3.21. The molecule has 0 saturated heterocycles. The van der Waals surface area contributed by atoms with Gasteiger partial charge in [-0.25, -0.2) is 0 Å². The summed E-state index contributed by atoms with van der Waals surface area (Å²) < 4.78 is 5.40. The molecule has 2 aromatic heterocycles. The minimum absolute atomic E-state index is 0.107. The summed E-state index contributed by atoms with van der Waals surface area (Å²) in [6, 6.07) is 1.55. The molecule has 7 nitrogen and oxygen atoms in total. The molecule has 0 radical (unpaired) electrons. The summed E-state index contributed by atoms with van der Waals surface area (Å²) in [5.41, 5.74) is 7.06. The van der Waals surface area contributed by atoms with Crippen LogP contribution in [0.1, 0.15) is 52.8 Å². The molecule has 26 heavy (non-hydrogen) atoms. The van der Waals surface area contributed by atoms with Crippen LogP contribution in [-0.4, -0.2) is 34.7 Å². The molecule has 2 aromatic rings. The second-order valence-electron chi connectivity index (χ2n) is 8.59. The molecule has 1 aliphatic heterocycles. The summed E-state index contributed by atoms with van der Waals surface area (Å²) in [6.45, 7) is -0.241. The Kier molecular flexibility index (Phi) is 2.46. The van der Waals surface area contributed by atoms with E-state index in [1.54, 1.807) is 6.07 Å². The molecule has 2 unspecified atom stereocenters. The van der Waals surface area contributed by atoms with Crippen molar-refractivity contribution in [1.82, 2.24) is 10.2 Å². The minimum Gasteiger partial charge on any atom is -0.453 e. The molecule has 3 heterocycles. The molecular formula is C19H19N3O4. The third-order valence-corrected chi connectivity index (χ3v) is 7.08. The van der Waals surface area contributed by atoms with Gasteiger partial charge in [-0.15, -0.1) is 0 Å². The average molecular weight is 353 g/mol. The molecule has 4 saturated carbocycles. The first kappa shape index (κ1) is 14.6. The third-order valence-electron chi connectivity index (χ3n) is 7.08. The maximum absolute atomic E-state index is 12.7. The SMILES string of the molecule is Nc1cc2oc1c1c2C(=O)N(CC(=O)NC23CC4CC(CC2C4)C3)C1=O. The van der Waals surface area contributed by atoms with E-state index >= 15 is 0 Å². The fourth-order valence-electron chi connectivity index (χ4n) is 6.34. The predicted octanol–water partition coefficient (Wildman–Crippen LogP) is 1.74. The Morgan fingerprint density at radius 3 is 2.62 bits per heavy atom. The van der Waals surface area contributed by atoms with E-state index in [0.717, 1.165) is 29.6 Å². The van der Waals surface area contributed by atoms with Crippen molar-refractivity contribution in [3.63, 3.8) is 0 Å². The first-order valence-corrected chi connectivity index (χ1v) is 9.27. The topological polar surface area (TPSA) is 106 Å². The largest absolute Gasteiger partial charge is 0.453 e. The van der Waals surface area contributed by atoms with Crippen LogP contribution >= 0.6 is 0 Å². The molecule has 3 N–H and O–H groups in total. The molecule has 6 bridgehead atoms. The molecule has 4 aliphatic carbocycles. The highest BCUT2D eigenvalue weighted by Crippen LogP contribution is 2.60. The van der Waals surface area contributed by atoms with E-state index in [-0.39, 0.29) is 34.7 Å². The molecule has 0 aromatic carbocycles. The van der Waals surface area contributed by atoms with E-state index in [0.29, 0.717) is 17.2 Å². The van der Waals surface area contributed by atoms with Gasteiger partial charge < -0.3 is 15.5 Å². The van der Waals surface area contributed by atoms with Crippen molar-refractivity contribution in [2.45, 2.75) is 37.6 Å². The summed E-state index contributed by atoms with van der Waals surface area (Å²) >= 11 is 0. The first-order chi connectivity index (χ1) is 12.4. The number of benzene rings is 1. The summed E-state index contributed by atoms with van der Waals surface area (Å²) in [5.74, 6) is 0.804. The highest BCUT2D eigenvalue weighted by Gasteiger charge is 2.58. The Morgan fingerprint density at radius 1 is 1.19 bits per heavy atom. The fourth-order valence-corrected chi connectivity index (χ4v) is 6.34. The maximum atomic E-state index is 12.7. The number of nitrogens with one attached hydrogen (secondary N) is 1. The Labute approximate surface area is 149 Å². The Bertz CT molecular complexity index is 978. The molecule has 3 amide bonds. The van der Waals surface area contributed by atoms with Crippen LogP contribution in [0.5, 0.6) is 0 Å². The summed E-state index contributed by atoms with van der Waals surface area (Å²) in [7, 11) is 0.